The van der Waals surface area contributed by atoms with Crippen molar-refractivity contribution >= 4 is 65.7 Å². The van der Waals surface area contributed by atoms with Crippen LogP contribution in [0.4, 0.5) is 26.3 Å². The second kappa shape index (κ2) is 33.5. The Kier molecular flexibility index (Phi) is 27.6. The van der Waals surface area contributed by atoms with Crippen molar-refractivity contribution in [2.75, 3.05) is 13.1 Å². The number of rotatable bonds is 20. The van der Waals surface area contributed by atoms with E-state index in [1.54, 1.807) is 69.3 Å². The number of sulfonamides is 5. The minimum absolute atomic E-state index is 0.00333. The highest BCUT2D eigenvalue weighted by molar-refractivity contribution is 7.98. The lowest BCUT2D eigenvalue weighted by Gasteiger charge is -2.36. The van der Waals surface area contributed by atoms with Gasteiger partial charge >= 0.3 is 12.4 Å². The SMILES string of the molecule is C=S(=O)(NCC(F)(F)F)c1ccc(-c2cc(S(N)(=O)=O)c(C)n2CC2CCCCC2)cc1C(C)(C)C.Cc1c(S(N)(=O)=O)cc(-c2cc(C(C)C)c3c(c2)C(C)(C)N(C(C)C)S3(=O)=O)n1CC1CCCCC1.Cc1c(S(N)(=O)=O)cc(-c2ccc(S(=O)(=O)N(CC(F)(F)F)C(C)(C)C)c(C(C)(C)C)c2)n1CC1CCCCC1. The third kappa shape index (κ3) is 21.1. The number of hydrogen-bond donors (Lipinski definition) is 4. The molecule has 1 aliphatic heterocycles. The van der Waals surface area contributed by atoms with Crippen molar-refractivity contribution in [1.82, 2.24) is 27.0 Å². The molecule has 3 aromatic carbocycles. The predicted octanol–water partition coefficient (Wildman–Crippen LogP) is 16.9. The van der Waals surface area contributed by atoms with Crippen LogP contribution in [0.5, 0.6) is 0 Å². The van der Waals surface area contributed by atoms with Gasteiger partial charge in [-0.25, -0.2) is 66.4 Å². The maximum Gasteiger partial charge on any atom is 0.402 e. The average Bonchev–Trinajstić information content (AvgIpc) is 1.54. The first-order chi connectivity index (χ1) is 51.0. The number of benzene rings is 3. The van der Waals surface area contributed by atoms with Crippen LogP contribution in [-0.2, 0) is 95.8 Å². The van der Waals surface area contributed by atoms with Gasteiger partial charge in [0.2, 0.25) is 50.1 Å². The molecule has 0 radical (unpaired) electrons. The molecule has 4 heterocycles. The van der Waals surface area contributed by atoms with Crippen molar-refractivity contribution in [1.29, 1.82) is 0 Å². The van der Waals surface area contributed by atoms with Crippen molar-refractivity contribution in [2.24, 2.45) is 33.2 Å². The van der Waals surface area contributed by atoms with Crippen molar-refractivity contribution in [2.45, 2.75) is 316 Å². The van der Waals surface area contributed by atoms with E-state index in [1.807, 2.05) is 90.5 Å². The lowest BCUT2D eigenvalue weighted by atomic mass is 9.85. The summed E-state index contributed by atoms with van der Waals surface area (Å²) in [6.45, 7) is 31.1. The zero-order valence-corrected chi connectivity index (χ0v) is 73.2. The summed E-state index contributed by atoms with van der Waals surface area (Å²) in [5, 5.41) is 16.7. The predicted molar refractivity (Wildman–Crippen MR) is 434 cm³/mol. The standard InChI is InChI=1S/C28H42F3N3O4S2.C27H41N3O4S2.C25H36F3N3O3S2/c1-19-25(39(32,35)36)16-23(33(19)17-20-11-9-8-10-12-20)21-13-14-24(22(15-21)26(2,3)4)40(37,38)34(27(5,6)7)18-28(29,30)31;1-17(2)22-13-21(14-23-26(22)36(33,34)30(18(3)4)27(23,6)7)24-15-25(35(28,31)32)19(5)29(24)16-20-11-9-8-10-12-20;1-17-23(36(29,33)34)14-21(31(17)15-18-9-7-6-8-10-18)19-11-12-22(20(13-19)24(2,3)4)35(5,32)30-16-25(26,27)28/h13-16,20H,8-12,17-18H2,1-7H3,(H2,32,35,36);13-15,17-18,20H,8-12,16H2,1-7H3,(H2,28,31,32);11-14,18H,5-10,15-16H2,1-4H3,(H,30,32)(H2,29,33,34). The zero-order chi connectivity index (χ0) is 84.4. The van der Waals surface area contributed by atoms with Gasteiger partial charge in [0.25, 0.3) is 0 Å². The highest BCUT2D eigenvalue weighted by Gasteiger charge is 2.52. The summed E-state index contributed by atoms with van der Waals surface area (Å²) in [5.74, 6) is 4.79. The number of halogens is 6. The fraction of sp³-hybridized carbons (Fsp3) is 0.613. The van der Waals surface area contributed by atoms with Crippen LogP contribution in [0.15, 0.2) is 96.1 Å². The van der Waals surface area contributed by atoms with Crippen molar-refractivity contribution in [3.05, 3.63) is 106 Å². The summed E-state index contributed by atoms with van der Waals surface area (Å²) in [6.07, 6.45) is 7.59. The molecule has 112 heavy (non-hydrogen) atoms. The number of hydrogen-bond acceptors (Lipinski definition) is 11. The van der Waals surface area contributed by atoms with Crippen LogP contribution in [0.25, 0.3) is 33.8 Å². The fourth-order valence-corrected chi connectivity index (χ4v) is 25.5. The van der Waals surface area contributed by atoms with E-state index in [4.69, 9.17) is 15.4 Å². The zero-order valence-electron chi connectivity index (χ0n) is 68.3. The first-order valence-electron chi connectivity index (χ1n) is 38.5. The number of alkyl halides is 6. The Hall–Kier alpha value is -5.39. The Labute approximate surface area is 663 Å². The van der Waals surface area contributed by atoms with E-state index in [9.17, 15) is 72.6 Å². The van der Waals surface area contributed by atoms with Crippen LogP contribution in [0.1, 0.15) is 245 Å². The molecule has 20 nitrogen and oxygen atoms in total. The molecule has 628 valence electrons. The molecule has 6 aromatic rings. The Morgan fingerprint density at radius 3 is 1.17 bits per heavy atom. The second-order valence-electron chi connectivity index (χ2n) is 35.3. The summed E-state index contributed by atoms with van der Waals surface area (Å²) >= 11 is 0. The number of fused-ring (bicyclic) bond motifs is 1. The van der Waals surface area contributed by atoms with Crippen LogP contribution in [0.2, 0.25) is 0 Å². The highest BCUT2D eigenvalue weighted by atomic mass is 32.2. The molecule has 0 spiro atoms. The summed E-state index contributed by atoms with van der Waals surface area (Å²) in [5.41, 5.74) is 4.77. The lowest BCUT2D eigenvalue weighted by molar-refractivity contribution is -0.142. The fourth-order valence-electron chi connectivity index (χ4n) is 16.7. The van der Waals surface area contributed by atoms with Crippen molar-refractivity contribution < 1.29 is 72.6 Å². The molecule has 4 aliphatic rings. The maximum atomic E-state index is 13.8. The summed E-state index contributed by atoms with van der Waals surface area (Å²) in [7, 11) is -23.6. The molecule has 0 amide bonds. The molecule has 7 N–H and O–H groups in total. The monoisotopic (exact) mass is 1690 g/mol. The van der Waals surface area contributed by atoms with Crippen LogP contribution in [0.3, 0.4) is 0 Å². The minimum atomic E-state index is -4.73. The Morgan fingerprint density at radius 1 is 0.509 bits per heavy atom. The van der Waals surface area contributed by atoms with Crippen molar-refractivity contribution in [3.8, 4) is 33.8 Å². The maximum absolute atomic E-state index is 13.8. The largest absolute Gasteiger partial charge is 0.402 e. The van der Waals surface area contributed by atoms with Crippen LogP contribution >= 0.6 is 0 Å². The first-order valence-corrected chi connectivity index (χ1v) is 47.8. The van der Waals surface area contributed by atoms with Gasteiger partial charge in [-0.1, -0.05) is 125 Å². The summed E-state index contributed by atoms with van der Waals surface area (Å²) in [4.78, 5) is 0.552. The molecule has 3 saturated carbocycles. The number of nitrogens with one attached hydrogen (secondary N) is 1. The minimum Gasteiger partial charge on any atom is -0.343 e. The number of nitrogens with zero attached hydrogens (tertiary/aromatic N) is 5. The summed E-state index contributed by atoms with van der Waals surface area (Å²) < 4.78 is 232. The third-order valence-electron chi connectivity index (χ3n) is 22.3. The highest BCUT2D eigenvalue weighted by Crippen LogP contribution is 2.51. The van der Waals surface area contributed by atoms with Gasteiger partial charge < -0.3 is 13.7 Å². The number of nitrogens with two attached hydrogens (primary N) is 3. The lowest BCUT2D eigenvalue weighted by Crippen LogP contribution is -2.50. The van der Waals surface area contributed by atoms with Gasteiger partial charge in [-0.2, -0.15) is 35.0 Å². The molecule has 1 unspecified atom stereocenters. The Bertz CT molecular complexity index is 5160. The second-order valence-corrected chi connectivity index (χ2v) is 45.5. The van der Waals surface area contributed by atoms with E-state index in [0.29, 0.717) is 90.8 Å². The molecule has 32 heteroatoms. The topological polar surface area (TPSA) is 299 Å². The number of aromatic nitrogens is 3. The van der Waals surface area contributed by atoms with Gasteiger partial charge in [-0.05, 0) is 242 Å². The summed E-state index contributed by atoms with van der Waals surface area (Å²) in [6, 6.07) is 17.9. The van der Waals surface area contributed by atoms with E-state index in [-0.39, 0.29) is 36.4 Å². The molecule has 0 saturated heterocycles. The Morgan fingerprint density at radius 2 is 0.857 bits per heavy atom. The third-order valence-corrected chi connectivity index (χ3v) is 31.6. The first kappa shape index (κ1) is 92.1. The molecule has 3 fully saturated rings. The molecular weight excluding hydrogens is 1570 g/mol. The van der Waals surface area contributed by atoms with Crippen molar-refractivity contribution in [3.63, 3.8) is 0 Å². The molecular formula is C80H119F6N9O11S6. The van der Waals surface area contributed by atoms with Gasteiger partial charge in [-0.3, -0.25) is 0 Å². The molecule has 0 bridgehead atoms. The van der Waals surface area contributed by atoms with E-state index in [0.717, 1.165) is 93.1 Å². The van der Waals surface area contributed by atoms with Crippen LogP contribution < -0.4 is 20.1 Å². The van der Waals surface area contributed by atoms with Gasteiger partial charge in [0, 0.05) is 70.3 Å². The van der Waals surface area contributed by atoms with E-state index < -0.39 is 107 Å². The van der Waals surface area contributed by atoms with Gasteiger partial charge in [0.05, 0.1) is 25.0 Å². The molecule has 1 atom stereocenters. The smallest absolute Gasteiger partial charge is 0.343 e. The van der Waals surface area contributed by atoms with E-state index in [1.165, 1.54) is 77.1 Å². The van der Waals surface area contributed by atoms with Crippen LogP contribution in [-0.4, -0.2) is 112 Å². The normalized spacial score (nSPS) is 18.2. The van der Waals surface area contributed by atoms with Gasteiger partial charge in [0.1, 0.15) is 27.8 Å². The molecule has 3 aromatic heterocycles. The molecule has 3 aliphatic carbocycles. The quantitative estimate of drug-likeness (QED) is 0.0411. The average molecular weight is 1690 g/mol. The van der Waals surface area contributed by atoms with E-state index in [2.05, 4.69) is 15.2 Å². The number of primary sulfonamides is 3. The Balaban J connectivity index is 0.000000211. The van der Waals surface area contributed by atoms with Crippen LogP contribution in [0, 0.1) is 38.5 Å². The van der Waals surface area contributed by atoms with Gasteiger partial charge in [-0.15, -0.1) is 0 Å². The van der Waals surface area contributed by atoms with E-state index >= 15 is 0 Å². The molecule has 10 rings (SSSR count). The van der Waals surface area contributed by atoms with Gasteiger partial charge in [0.15, 0.2) is 0 Å².